The van der Waals surface area contributed by atoms with Crippen molar-refractivity contribution in [3.63, 3.8) is 0 Å². The van der Waals surface area contributed by atoms with Gasteiger partial charge in [0, 0.05) is 12.1 Å². The summed E-state index contributed by atoms with van der Waals surface area (Å²) in [5.74, 6) is -0.169. The number of nitrogen functional groups attached to an aromatic ring is 1. The molecule has 20 heavy (non-hydrogen) atoms. The Morgan fingerprint density at radius 3 is 2.60 bits per heavy atom. The highest BCUT2D eigenvalue weighted by Gasteiger charge is 2.21. The number of aromatic nitrogens is 1. The Balaban J connectivity index is 2.22. The van der Waals surface area contributed by atoms with Gasteiger partial charge in [0.15, 0.2) is 0 Å². The van der Waals surface area contributed by atoms with Gasteiger partial charge in [-0.3, -0.25) is 4.79 Å². The lowest BCUT2D eigenvalue weighted by Gasteiger charge is -2.25. The van der Waals surface area contributed by atoms with Crippen LogP contribution in [0.25, 0.3) is 0 Å². The second-order valence-electron chi connectivity index (χ2n) is 4.59. The summed E-state index contributed by atoms with van der Waals surface area (Å²) in [6, 6.07) is 10.6. The van der Waals surface area contributed by atoms with Gasteiger partial charge in [-0.2, -0.15) is 0 Å². The first-order valence-corrected chi connectivity index (χ1v) is 6.61. The van der Waals surface area contributed by atoms with E-state index < -0.39 is 0 Å². The zero-order valence-electron chi connectivity index (χ0n) is 11.4. The predicted molar refractivity (Wildman–Crippen MR) is 80.6 cm³/mol. The third kappa shape index (κ3) is 2.91. The molecule has 0 aliphatic heterocycles. The fraction of sp³-hybridized carbons (Fsp3) is 0.200. The first-order chi connectivity index (χ1) is 9.50. The van der Waals surface area contributed by atoms with Gasteiger partial charge >= 0.3 is 0 Å². The van der Waals surface area contributed by atoms with E-state index in [4.69, 9.17) is 17.3 Å². The number of amides is 1. The van der Waals surface area contributed by atoms with Gasteiger partial charge in [0.25, 0.3) is 5.91 Å². The van der Waals surface area contributed by atoms with Gasteiger partial charge in [0.1, 0.15) is 5.69 Å². The maximum Gasteiger partial charge on any atom is 0.272 e. The quantitative estimate of drug-likeness (QED) is 0.944. The summed E-state index contributed by atoms with van der Waals surface area (Å²) in [7, 11) is 1.73. The lowest BCUT2D eigenvalue weighted by molar-refractivity contribution is 0.0737. The van der Waals surface area contributed by atoms with Crippen molar-refractivity contribution in [2.24, 2.45) is 0 Å². The number of pyridine rings is 1. The van der Waals surface area contributed by atoms with Crippen LogP contribution in [-0.2, 0) is 0 Å². The average Bonchev–Trinajstić information content (AvgIpc) is 2.46. The van der Waals surface area contributed by atoms with Crippen molar-refractivity contribution in [2.75, 3.05) is 12.8 Å². The van der Waals surface area contributed by atoms with E-state index in [1.807, 2.05) is 31.2 Å². The first kappa shape index (κ1) is 14.3. The summed E-state index contributed by atoms with van der Waals surface area (Å²) in [5, 5.41) is 0.643. The molecule has 2 aromatic rings. The lowest BCUT2D eigenvalue weighted by Crippen LogP contribution is -2.30. The molecule has 1 amide bonds. The van der Waals surface area contributed by atoms with E-state index in [9.17, 15) is 4.79 Å². The van der Waals surface area contributed by atoms with Crippen LogP contribution in [0.4, 0.5) is 5.69 Å². The zero-order chi connectivity index (χ0) is 14.7. The summed E-state index contributed by atoms with van der Waals surface area (Å²) < 4.78 is 0. The van der Waals surface area contributed by atoms with E-state index >= 15 is 0 Å². The van der Waals surface area contributed by atoms with Crippen molar-refractivity contribution in [1.82, 2.24) is 9.88 Å². The molecule has 2 rings (SSSR count). The molecule has 1 atom stereocenters. The summed E-state index contributed by atoms with van der Waals surface area (Å²) in [5.41, 5.74) is 7.36. The van der Waals surface area contributed by atoms with Gasteiger partial charge in [-0.25, -0.2) is 4.98 Å². The van der Waals surface area contributed by atoms with Crippen molar-refractivity contribution in [3.05, 3.63) is 58.9 Å². The van der Waals surface area contributed by atoms with Gasteiger partial charge in [-0.15, -0.1) is 0 Å². The highest BCUT2D eigenvalue weighted by Crippen LogP contribution is 2.26. The molecule has 0 radical (unpaired) electrons. The summed E-state index contributed by atoms with van der Waals surface area (Å²) in [6.07, 6.45) is 1.47. The molecule has 0 aliphatic carbocycles. The molecule has 0 saturated carbocycles. The SMILES string of the molecule is CC(c1ccccc1Cl)N(C)C(=O)c1ccc(N)cn1. The van der Waals surface area contributed by atoms with Crippen LogP contribution in [0.15, 0.2) is 42.6 Å². The van der Waals surface area contributed by atoms with Gasteiger partial charge in [-0.05, 0) is 30.7 Å². The first-order valence-electron chi connectivity index (χ1n) is 6.24. The molecular weight excluding hydrogens is 274 g/mol. The average molecular weight is 290 g/mol. The minimum Gasteiger partial charge on any atom is -0.397 e. The third-order valence-corrected chi connectivity index (χ3v) is 3.61. The van der Waals surface area contributed by atoms with Crippen molar-refractivity contribution < 1.29 is 4.79 Å². The summed E-state index contributed by atoms with van der Waals surface area (Å²) in [6.45, 7) is 1.93. The fourth-order valence-corrected chi connectivity index (χ4v) is 2.20. The number of carbonyl (C=O) groups excluding carboxylic acids is 1. The molecule has 1 heterocycles. The smallest absolute Gasteiger partial charge is 0.272 e. The van der Waals surface area contributed by atoms with Crippen LogP contribution < -0.4 is 5.73 Å². The maximum absolute atomic E-state index is 12.4. The molecule has 1 aromatic heterocycles. The topological polar surface area (TPSA) is 59.2 Å². The third-order valence-electron chi connectivity index (χ3n) is 3.26. The number of carbonyl (C=O) groups is 1. The van der Waals surface area contributed by atoms with Crippen LogP contribution in [0, 0.1) is 0 Å². The standard InChI is InChI=1S/C15H16ClN3O/c1-10(12-5-3-4-6-13(12)16)19(2)15(20)14-8-7-11(17)9-18-14/h3-10H,17H2,1-2H3. The fourth-order valence-electron chi connectivity index (χ4n) is 1.91. The maximum atomic E-state index is 12.4. The van der Waals surface area contributed by atoms with Crippen molar-refractivity contribution in [2.45, 2.75) is 13.0 Å². The predicted octanol–water partition coefficient (Wildman–Crippen LogP) is 3.15. The molecule has 1 aromatic carbocycles. The summed E-state index contributed by atoms with van der Waals surface area (Å²) in [4.78, 5) is 18.0. The molecule has 0 aliphatic rings. The molecule has 0 saturated heterocycles. The van der Waals surface area contributed by atoms with E-state index in [0.717, 1.165) is 5.56 Å². The van der Waals surface area contributed by atoms with Crippen molar-refractivity contribution in [1.29, 1.82) is 0 Å². The number of hydrogen-bond acceptors (Lipinski definition) is 3. The number of nitrogens with zero attached hydrogens (tertiary/aromatic N) is 2. The lowest BCUT2D eigenvalue weighted by atomic mass is 10.1. The normalized spacial score (nSPS) is 11.9. The minimum atomic E-state index is -0.169. The molecule has 4 nitrogen and oxygen atoms in total. The Hall–Kier alpha value is -2.07. The van der Waals surface area contributed by atoms with E-state index in [1.54, 1.807) is 24.1 Å². The van der Waals surface area contributed by atoms with Crippen molar-refractivity contribution in [3.8, 4) is 0 Å². The Kier molecular flexibility index (Phi) is 4.25. The van der Waals surface area contributed by atoms with Gasteiger partial charge in [0.05, 0.1) is 17.9 Å². The largest absolute Gasteiger partial charge is 0.397 e. The van der Waals surface area contributed by atoms with Crippen LogP contribution >= 0.6 is 11.6 Å². The number of nitrogens with two attached hydrogens (primary N) is 1. The molecule has 0 fully saturated rings. The van der Waals surface area contributed by atoms with E-state index in [1.165, 1.54) is 6.20 Å². The number of rotatable bonds is 3. The molecule has 2 N–H and O–H groups in total. The Bertz CT molecular complexity index is 613. The Labute approximate surface area is 123 Å². The van der Waals surface area contributed by atoms with Crippen molar-refractivity contribution >= 4 is 23.2 Å². The highest BCUT2D eigenvalue weighted by atomic mass is 35.5. The Morgan fingerprint density at radius 2 is 2.00 bits per heavy atom. The number of hydrogen-bond donors (Lipinski definition) is 1. The van der Waals surface area contributed by atoms with Crippen LogP contribution in [0.3, 0.4) is 0 Å². The molecule has 1 unspecified atom stereocenters. The van der Waals surface area contributed by atoms with Crippen LogP contribution in [0.5, 0.6) is 0 Å². The monoisotopic (exact) mass is 289 g/mol. The van der Waals surface area contributed by atoms with E-state index in [2.05, 4.69) is 4.98 Å². The number of halogens is 1. The van der Waals surface area contributed by atoms with Gasteiger partial charge in [-0.1, -0.05) is 29.8 Å². The molecule has 5 heteroatoms. The molecule has 0 spiro atoms. The molecular formula is C15H16ClN3O. The number of anilines is 1. The second-order valence-corrected chi connectivity index (χ2v) is 5.00. The highest BCUT2D eigenvalue weighted by molar-refractivity contribution is 6.31. The molecule has 104 valence electrons. The molecule has 0 bridgehead atoms. The van der Waals surface area contributed by atoms with E-state index in [-0.39, 0.29) is 11.9 Å². The Morgan fingerprint density at radius 1 is 1.30 bits per heavy atom. The van der Waals surface area contributed by atoms with Crippen LogP contribution in [-0.4, -0.2) is 22.8 Å². The summed E-state index contributed by atoms with van der Waals surface area (Å²) >= 11 is 6.16. The van der Waals surface area contributed by atoms with Crippen LogP contribution in [0.1, 0.15) is 29.0 Å². The second kappa shape index (κ2) is 5.92. The van der Waals surface area contributed by atoms with E-state index in [0.29, 0.717) is 16.4 Å². The van der Waals surface area contributed by atoms with Gasteiger partial charge in [0.2, 0.25) is 0 Å². The van der Waals surface area contributed by atoms with Crippen LogP contribution in [0.2, 0.25) is 5.02 Å². The van der Waals surface area contributed by atoms with Gasteiger partial charge < -0.3 is 10.6 Å². The number of benzene rings is 1. The minimum absolute atomic E-state index is 0.143. The zero-order valence-corrected chi connectivity index (χ0v) is 12.1.